The van der Waals surface area contributed by atoms with Gasteiger partial charge in [0.05, 0.1) is 12.2 Å². The molecule has 0 saturated heterocycles. The molecule has 0 aliphatic carbocycles. The van der Waals surface area contributed by atoms with Gasteiger partial charge < -0.3 is 15.0 Å². The van der Waals surface area contributed by atoms with E-state index in [0.717, 1.165) is 23.4 Å². The van der Waals surface area contributed by atoms with Gasteiger partial charge in [0.15, 0.2) is 0 Å². The SMILES string of the molecule is CCNc1ccc(C)cc1C(=O)N(C)CCOC. The Kier molecular flexibility index (Phi) is 5.65. The number of rotatable bonds is 6. The summed E-state index contributed by atoms with van der Waals surface area (Å²) in [6.45, 7) is 5.94. The van der Waals surface area contributed by atoms with E-state index < -0.39 is 0 Å². The summed E-state index contributed by atoms with van der Waals surface area (Å²) in [5, 5.41) is 3.22. The third-order valence-corrected chi connectivity index (χ3v) is 2.75. The Bertz CT molecular complexity index is 405. The van der Waals surface area contributed by atoms with E-state index in [0.29, 0.717) is 13.2 Å². The van der Waals surface area contributed by atoms with E-state index in [2.05, 4.69) is 5.32 Å². The van der Waals surface area contributed by atoms with Crippen LogP contribution in [0, 0.1) is 6.92 Å². The van der Waals surface area contributed by atoms with Crippen molar-refractivity contribution >= 4 is 11.6 Å². The minimum absolute atomic E-state index is 0.0201. The highest BCUT2D eigenvalue weighted by Crippen LogP contribution is 2.18. The monoisotopic (exact) mass is 250 g/mol. The third-order valence-electron chi connectivity index (χ3n) is 2.75. The summed E-state index contributed by atoms with van der Waals surface area (Å²) >= 11 is 0. The lowest BCUT2D eigenvalue weighted by molar-refractivity contribution is 0.0745. The molecule has 100 valence electrons. The average Bonchev–Trinajstić information content (AvgIpc) is 2.37. The van der Waals surface area contributed by atoms with Gasteiger partial charge in [0, 0.05) is 32.9 Å². The van der Waals surface area contributed by atoms with Crippen LogP contribution in [0.3, 0.4) is 0 Å². The maximum atomic E-state index is 12.3. The van der Waals surface area contributed by atoms with Gasteiger partial charge in [-0.25, -0.2) is 0 Å². The molecular formula is C14H22N2O2. The largest absolute Gasteiger partial charge is 0.385 e. The molecule has 0 aliphatic heterocycles. The molecule has 0 aliphatic rings. The number of ether oxygens (including phenoxy) is 1. The number of methoxy groups -OCH3 is 1. The molecule has 0 fully saturated rings. The summed E-state index contributed by atoms with van der Waals surface area (Å²) in [4.78, 5) is 14.0. The number of anilines is 1. The zero-order chi connectivity index (χ0) is 13.5. The van der Waals surface area contributed by atoms with Crippen molar-refractivity contribution in [2.75, 3.05) is 39.2 Å². The summed E-state index contributed by atoms with van der Waals surface area (Å²) in [5.41, 5.74) is 2.69. The molecule has 1 aromatic rings. The molecule has 0 spiro atoms. The van der Waals surface area contributed by atoms with Crippen LogP contribution in [0.5, 0.6) is 0 Å². The van der Waals surface area contributed by atoms with Gasteiger partial charge in [-0.3, -0.25) is 4.79 Å². The summed E-state index contributed by atoms with van der Waals surface area (Å²) in [6, 6.07) is 5.88. The second-order valence-corrected chi connectivity index (χ2v) is 4.30. The van der Waals surface area contributed by atoms with Crippen LogP contribution in [0.1, 0.15) is 22.8 Å². The fraction of sp³-hybridized carbons (Fsp3) is 0.500. The van der Waals surface area contributed by atoms with Crippen LogP contribution in [0.15, 0.2) is 18.2 Å². The predicted molar refractivity (Wildman–Crippen MR) is 74.2 cm³/mol. The number of hydrogen-bond acceptors (Lipinski definition) is 3. The van der Waals surface area contributed by atoms with Gasteiger partial charge in [-0.05, 0) is 26.0 Å². The molecule has 0 atom stereocenters. The fourth-order valence-corrected chi connectivity index (χ4v) is 1.72. The molecule has 1 N–H and O–H groups in total. The Morgan fingerprint density at radius 2 is 2.17 bits per heavy atom. The van der Waals surface area contributed by atoms with Crippen molar-refractivity contribution in [2.24, 2.45) is 0 Å². The third kappa shape index (κ3) is 3.74. The smallest absolute Gasteiger partial charge is 0.255 e. The fourth-order valence-electron chi connectivity index (χ4n) is 1.72. The average molecular weight is 250 g/mol. The Morgan fingerprint density at radius 3 is 2.78 bits per heavy atom. The van der Waals surface area contributed by atoms with Crippen LogP contribution in [0.4, 0.5) is 5.69 Å². The number of likely N-dealkylation sites (N-methyl/N-ethyl adjacent to an activating group) is 1. The van der Waals surface area contributed by atoms with E-state index >= 15 is 0 Å². The van der Waals surface area contributed by atoms with E-state index in [-0.39, 0.29) is 5.91 Å². The molecule has 1 amide bonds. The maximum Gasteiger partial charge on any atom is 0.255 e. The van der Waals surface area contributed by atoms with Crippen LogP contribution in [0.25, 0.3) is 0 Å². The van der Waals surface area contributed by atoms with Crippen molar-refractivity contribution < 1.29 is 9.53 Å². The van der Waals surface area contributed by atoms with Gasteiger partial charge in [0.25, 0.3) is 5.91 Å². The molecule has 1 aromatic carbocycles. The number of benzene rings is 1. The summed E-state index contributed by atoms with van der Waals surface area (Å²) < 4.78 is 4.99. The normalized spacial score (nSPS) is 10.2. The Balaban J connectivity index is 2.91. The van der Waals surface area contributed by atoms with Gasteiger partial charge in [-0.2, -0.15) is 0 Å². The lowest BCUT2D eigenvalue weighted by Gasteiger charge is -2.19. The van der Waals surface area contributed by atoms with Gasteiger partial charge in [-0.1, -0.05) is 11.6 Å². The zero-order valence-corrected chi connectivity index (χ0v) is 11.6. The first-order valence-corrected chi connectivity index (χ1v) is 6.19. The van der Waals surface area contributed by atoms with Crippen molar-refractivity contribution in [1.29, 1.82) is 0 Å². The van der Waals surface area contributed by atoms with E-state index in [1.807, 2.05) is 32.0 Å². The molecule has 0 radical (unpaired) electrons. The van der Waals surface area contributed by atoms with Crippen molar-refractivity contribution in [2.45, 2.75) is 13.8 Å². The number of hydrogen-bond donors (Lipinski definition) is 1. The van der Waals surface area contributed by atoms with E-state index in [4.69, 9.17) is 4.74 Å². The number of carbonyl (C=O) groups excluding carboxylic acids is 1. The molecule has 0 aromatic heterocycles. The highest BCUT2D eigenvalue weighted by atomic mass is 16.5. The van der Waals surface area contributed by atoms with Crippen LogP contribution >= 0.6 is 0 Å². The quantitative estimate of drug-likeness (QED) is 0.841. The lowest BCUT2D eigenvalue weighted by atomic mass is 10.1. The minimum atomic E-state index is 0.0201. The maximum absolute atomic E-state index is 12.3. The van der Waals surface area contributed by atoms with Crippen molar-refractivity contribution in [3.8, 4) is 0 Å². The van der Waals surface area contributed by atoms with Gasteiger partial charge in [0.2, 0.25) is 0 Å². The number of aryl methyl sites for hydroxylation is 1. The van der Waals surface area contributed by atoms with E-state index in [9.17, 15) is 4.79 Å². The molecule has 0 heterocycles. The Hall–Kier alpha value is -1.55. The zero-order valence-electron chi connectivity index (χ0n) is 11.6. The van der Waals surface area contributed by atoms with Crippen LogP contribution in [0.2, 0.25) is 0 Å². The minimum Gasteiger partial charge on any atom is -0.385 e. The molecule has 4 nitrogen and oxygen atoms in total. The summed E-state index contributed by atoms with van der Waals surface area (Å²) in [6.07, 6.45) is 0. The van der Waals surface area contributed by atoms with Crippen LogP contribution in [-0.2, 0) is 4.74 Å². The van der Waals surface area contributed by atoms with Gasteiger partial charge in [0.1, 0.15) is 0 Å². The van der Waals surface area contributed by atoms with Gasteiger partial charge in [-0.15, -0.1) is 0 Å². The molecule has 18 heavy (non-hydrogen) atoms. The number of nitrogens with zero attached hydrogens (tertiary/aromatic N) is 1. The van der Waals surface area contributed by atoms with Crippen molar-refractivity contribution in [3.63, 3.8) is 0 Å². The van der Waals surface area contributed by atoms with E-state index in [1.165, 1.54) is 0 Å². The van der Waals surface area contributed by atoms with Crippen LogP contribution in [-0.4, -0.2) is 44.7 Å². The standard InChI is InChI=1S/C14H22N2O2/c1-5-15-13-7-6-11(2)10-12(13)14(17)16(3)8-9-18-4/h6-7,10,15H,5,8-9H2,1-4H3. The molecule has 0 bridgehead atoms. The predicted octanol–water partition coefficient (Wildman–Crippen LogP) is 2.15. The first-order chi connectivity index (χ1) is 8.60. The van der Waals surface area contributed by atoms with E-state index in [1.54, 1.807) is 19.1 Å². The first-order valence-electron chi connectivity index (χ1n) is 6.19. The topological polar surface area (TPSA) is 41.6 Å². The molecule has 0 unspecified atom stereocenters. The molecular weight excluding hydrogens is 228 g/mol. The number of carbonyl (C=O) groups is 1. The molecule has 4 heteroatoms. The van der Waals surface area contributed by atoms with Gasteiger partial charge >= 0.3 is 0 Å². The van der Waals surface area contributed by atoms with Crippen LogP contribution < -0.4 is 5.32 Å². The number of amides is 1. The highest BCUT2D eigenvalue weighted by Gasteiger charge is 2.15. The molecule has 0 saturated carbocycles. The Labute approximate surface area is 109 Å². The molecule has 1 rings (SSSR count). The first kappa shape index (κ1) is 14.5. The Morgan fingerprint density at radius 1 is 1.44 bits per heavy atom. The lowest BCUT2D eigenvalue weighted by Crippen LogP contribution is -2.30. The second-order valence-electron chi connectivity index (χ2n) is 4.30. The number of nitrogens with one attached hydrogen (secondary N) is 1. The van der Waals surface area contributed by atoms with Crippen molar-refractivity contribution in [3.05, 3.63) is 29.3 Å². The summed E-state index contributed by atoms with van der Waals surface area (Å²) in [7, 11) is 3.43. The second kappa shape index (κ2) is 7.01. The van der Waals surface area contributed by atoms with Crippen molar-refractivity contribution in [1.82, 2.24) is 4.90 Å². The highest BCUT2D eigenvalue weighted by molar-refractivity contribution is 5.99. The summed E-state index contributed by atoms with van der Waals surface area (Å²) in [5.74, 6) is 0.0201.